The van der Waals surface area contributed by atoms with Crippen molar-refractivity contribution in [1.29, 1.82) is 0 Å². The van der Waals surface area contributed by atoms with E-state index < -0.39 is 0 Å². The molecule has 0 aliphatic rings. The lowest BCUT2D eigenvalue weighted by Crippen LogP contribution is -3.08. The third-order valence-electron chi connectivity index (χ3n) is 4.07. The summed E-state index contributed by atoms with van der Waals surface area (Å²) in [4.78, 5) is 28.0. The molecule has 6 heteroatoms. The molecule has 2 aromatic rings. The van der Waals surface area contributed by atoms with Crippen molar-refractivity contribution in [1.82, 2.24) is 4.98 Å². The second-order valence-electron chi connectivity index (χ2n) is 6.12. The van der Waals surface area contributed by atoms with Crippen LogP contribution in [0.25, 0.3) is 0 Å². The molecule has 0 aliphatic carbocycles. The van der Waals surface area contributed by atoms with Crippen LogP contribution in [0.15, 0.2) is 18.2 Å². The Morgan fingerprint density at radius 2 is 1.96 bits per heavy atom. The van der Waals surface area contributed by atoms with Crippen LogP contribution < -0.4 is 4.90 Å². The van der Waals surface area contributed by atoms with E-state index in [-0.39, 0.29) is 23.9 Å². The Labute approximate surface area is 145 Å². The van der Waals surface area contributed by atoms with Crippen LogP contribution in [-0.2, 0) is 6.54 Å². The Balaban J connectivity index is 2.15. The molecule has 0 spiro atoms. The quantitative estimate of drug-likeness (QED) is 0.786. The number of Topliss-reactive ketones (excluding diaryl/α,β-unsaturated/α-hetero) is 2. The average Bonchev–Trinajstić information content (AvgIpc) is 2.78. The summed E-state index contributed by atoms with van der Waals surface area (Å²) < 4.78 is 13.9. The Kier molecular flexibility index (Phi) is 5.57. The predicted molar refractivity (Wildman–Crippen MR) is 91.5 cm³/mol. The predicted octanol–water partition coefficient (Wildman–Crippen LogP) is 2.52. The molecule has 128 valence electrons. The summed E-state index contributed by atoms with van der Waals surface area (Å²) in [7, 11) is 1.80. The molecule has 1 heterocycles. The van der Waals surface area contributed by atoms with Crippen LogP contribution in [0.3, 0.4) is 0 Å². The maximum atomic E-state index is 13.9. The first-order valence-corrected chi connectivity index (χ1v) is 8.07. The first-order chi connectivity index (χ1) is 11.2. The molecule has 0 radical (unpaired) electrons. The number of likely N-dealkylation sites (N-methyl/N-ethyl adjacent to an activating group) is 1. The van der Waals surface area contributed by atoms with E-state index in [4.69, 9.17) is 11.6 Å². The Morgan fingerprint density at radius 3 is 2.50 bits per heavy atom. The Hall–Kier alpha value is -1.98. The summed E-state index contributed by atoms with van der Waals surface area (Å²) >= 11 is 6.03. The second-order valence-corrected chi connectivity index (χ2v) is 6.52. The van der Waals surface area contributed by atoms with Gasteiger partial charge in [-0.1, -0.05) is 17.7 Å². The van der Waals surface area contributed by atoms with Crippen molar-refractivity contribution in [3.63, 3.8) is 0 Å². The molecular formula is C18H21ClFN2O2+. The van der Waals surface area contributed by atoms with E-state index in [0.717, 1.165) is 4.90 Å². The van der Waals surface area contributed by atoms with Gasteiger partial charge in [0, 0.05) is 11.3 Å². The van der Waals surface area contributed by atoms with Crippen molar-refractivity contribution in [2.24, 2.45) is 0 Å². The number of rotatable bonds is 6. The van der Waals surface area contributed by atoms with Crippen molar-refractivity contribution < 1.29 is 18.9 Å². The summed E-state index contributed by atoms with van der Waals surface area (Å²) in [6.45, 7) is 5.49. The van der Waals surface area contributed by atoms with Crippen LogP contribution in [0.1, 0.15) is 44.6 Å². The zero-order chi connectivity index (χ0) is 18.0. The number of quaternary nitrogens is 1. The largest absolute Gasteiger partial charge is 0.355 e. The van der Waals surface area contributed by atoms with Crippen molar-refractivity contribution in [2.45, 2.75) is 27.3 Å². The molecule has 0 aliphatic heterocycles. The van der Waals surface area contributed by atoms with Gasteiger partial charge in [0.15, 0.2) is 5.78 Å². The molecule has 1 aromatic carbocycles. The topological polar surface area (TPSA) is 54.4 Å². The number of ketones is 2. The number of aromatic nitrogens is 1. The minimum Gasteiger partial charge on any atom is -0.355 e. The van der Waals surface area contributed by atoms with E-state index in [1.807, 2.05) is 0 Å². The van der Waals surface area contributed by atoms with Gasteiger partial charge in [0.2, 0.25) is 5.78 Å². The Bertz CT molecular complexity index is 778. The molecule has 0 amide bonds. The van der Waals surface area contributed by atoms with Gasteiger partial charge in [0.25, 0.3) is 0 Å². The van der Waals surface area contributed by atoms with Gasteiger partial charge in [-0.05, 0) is 38.5 Å². The van der Waals surface area contributed by atoms with Crippen LogP contribution in [0.2, 0.25) is 5.02 Å². The fourth-order valence-corrected chi connectivity index (χ4v) is 3.21. The SMILES string of the molecule is CC(=O)c1c(C)[nH]c(C(=O)C[NH+](C)Cc2c(F)cccc2Cl)c1C. The number of carbonyl (C=O) groups excluding carboxylic acids is 2. The third-order valence-corrected chi connectivity index (χ3v) is 4.43. The van der Waals surface area contributed by atoms with Crippen molar-refractivity contribution in [3.05, 3.63) is 57.1 Å². The molecule has 1 aromatic heterocycles. The summed E-state index contributed by atoms with van der Waals surface area (Å²) in [5.41, 5.74) is 2.76. The summed E-state index contributed by atoms with van der Waals surface area (Å²) in [6.07, 6.45) is 0. The fraction of sp³-hybridized carbons (Fsp3) is 0.333. The molecule has 24 heavy (non-hydrogen) atoms. The smallest absolute Gasteiger partial charge is 0.233 e. The number of aryl methyl sites for hydroxylation is 1. The zero-order valence-corrected chi connectivity index (χ0v) is 15.0. The maximum absolute atomic E-state index is 13.9. The van der Waals surface area contributed by atoms with Crippen molar-refractivity contribution >= 4 is 23.2 Å². The van der Waals surface area contributed by atoms with Gasteiger partial charge < -0.3 is 9.88 Å². The molecule has 1 unspecified atom stereocenters. The van der Waals surface area contributed by atoms with Crippen molar-refractivity contribution in [2.75, 3.05) is 13.6 Å². The summed E-state index contributed by atoms with van der Waals surface area (Å²) in [6, 6.07) is 4.54. The van der Waals surface area contributed by atoms with Gasteiger partial charge in [-0.15, -0.1) is 0 Å². The molecule has 0 saturated heterocycles. The molecule has 0 bridgehead atoms. The van der Waals surface area contributed by atoms with E-state index in [9.17, 15) is 14.0 Å². The van der Waals surface area contributed by atoms with Crippen molar-refractivity contribution in [3.8, 4) is 0 Å². The molecular weight excluding hydrogens is 331 g/mol. The molecule has 2 rings (SSSR count). The van der Waals surface area contributed by atoms with Gasteiger partial charge in [0.1, 0.15) is 18.9 Å². The third kappa shape index (κ3) is 3.74. The number of H-pyrrole nitrogens is 1. The van der Waals surface area contributed by atoms with Crippen LogP contribution in [0.5, 0.6) is 0 Å². The standard InChI is InChI=1S/C18H20ClFN2O2/c1-10-17(12(3)23)11(2)21-18(10)16(24)9-22(4)8-13-14(19)6-5-7-15(13)20/h5-7,21H,8-9H2,1-4H3/p+1. The zero-order valence-electron chi connectivity index (χ0n) is 14.2. The minimum absolute atomic E-state index is 0.0702. The number of aromatic amines is 1. The van der Waals surface area contributed by atoms with Crippen LogP contribution in [0.4, 0.5) is 4.39 Å². The normalized spacial score (nSPS) is 12.2. The lowest BCUT2D eigenvalue weighted by Gasteiger charge is -2.14. The average molecular weight is 352 g/mol. The molecule has 0 saturated carbocycles. The highest BCUT2D eigenvalue weighted by molar-refractivity contribution is 6.31. The summed E-state index contributed by atoms with van der Waals surface area (Å²) in [5, 5.41) is 0.354. The first-order valence-electron chi connectivity index (χ1n) is 7.69. The van der Waals surface area contributed by atoms with E-state index >= 15 is 0 Å². The van der Waals surface area contributed by atoms with E-state index in [2.05, 4.69) is 4.98 Å². The second kappa shape index (κ2) is 7.28. The molecule has 1 atom stereocenters. The van der Waals surface area contributed by atoms with Gasteiger partial charge in [-0.25, -0.2) is 4.39 Å². The number of hydrogen-bond acceptors (Lipinski definition) is 2. The minimum atomic E-state index is -0.375. The van der Waals surface area contributed by atoms with Crippen LogP contribution in [-0.4, -0.2) is 30.1 Å². The lowest BCUT2D eigenvalue weighted by atomic mass is 10.1. The van der Waals surface area contributed by atoms with E-state index in [0.29, 0.717) is 39.6 Å². The maximum Gasteiger partial charge on any atom is 0.233 e. The van der Waals surface area contributed by atoms with Crippen LogP contribution in [0, 0.1) is 19.7 Å². The molecule has 0 fully saturated rings. The van der Waals surface area contributed by atoms with E-state index in [1.165, 1.54) is 13.0 Å². The summed E-state index contributed by atoms with van der Waals surface area (Å²) in [5.74, 6) is -0.563. The van der Waals surface area contributed by atoms with Gasteiger partial charge in [0.05, 0.1) is 23.3 Å². The molecule has 4 nitrogen and oxygen atoms in total. The van der Waals surface area contributed by atoms with E-state index in [1.54, 1.807) is 33.0 Å². The van der Waals surface area contributed by atoms with Gasteiger partial charge in [-0.3, -0.25) is 9.59 Å². The first kappa shape index (κ1) is 18.4. The van der Waals surface area contributed by atoms with Gasteiger partial charge in [-0.2, -0.15) is 0 Å². The Morgan fingerprint density at radius 1 is 1.29 bits per heavy atom. The number of carbonyl (C=O) groups is 2. The number of hydrogen-bond donors (Lipinski definition) is 2. The number of nitrogens with one attached hydrogen (secondary N) is 2. The highest BCUT2D eigenvalue weighted by Crippen LogP contribution is 2.19. The number of halogens is 2. The lowest BCUT2D eigenvalue weighted by molar-refractivity contribution is -0.885. The monoisotopic (exact) mass is 351 g/mol. The fourth-order valence-electron chi connectivity index (χ4n) is 2.98. The highest BCUT2D eigenvalue weighted by Gasteiger charge is 2.23. The highest BCUT2D eigenvalue weighted by atomic mass is 35.5. The van der Waals surface area contributed by atoms with Crippen LogP contribution >= 0.6 is 11.6 Å². The van der Waals surface area contributed by atoms with Gasteiger partial charge >= 0.3 is 0 Å². The molecule has 2 N–H and O–H groups in total. The number of benzene rings is 1.